The Morgan fingerprint density at radius 1 is 1.03 bits per heavy atom. The summed E-state index contributed by atoms with van der Waals surface area (Å²) in [7, 11) is 1.43. The Morgan fingerprint density at radius 3 is 2.22 bits per heavy atom. The first-order chi connectivity index (χ1) is 17.0. The van der Waals surface area contributed by atoms with E-state index < -0.39 is 40.2 Å². The maximum atomic E-state index is 13.4. The molecule has 36 heavy (non-hydrogen) atoms. The molecule has 1 aliphatic rings. The molecule has 1 heterocycles. The van der Waals surface area contributed by atoms with Crippen molar-refractivity contribution in [2.75, 3.05) is 12.0 Å². The number of carbonyl (C=O) groups excluding carboxylic acids is 2. The van der Waals surface area contributed by atoms with Crippen molar-refractivity contribution in [2.45, 2.75) is 12.2 Å². The van der Waals surface area contributed by atoms with Gasteiger partial charge in [-0.05, 0) is 48.0 Å². The van der Waals surface area contributed by atoms with E-state index in [-0.39, 0.29) is 22.5 Å². The lowest BCUT2D eigenvalue weighted by atomic mass is 9.95. The zero-order chi connectivity index (χ0) is 26.2. The van der Waals surface area contributed by atoms with Gasteiger partial charge in [-0.15, -0.1) is 0 Å². The van der Waals surface area contributed by atoms with Crippen LogP contribution in [0, 0.1) is 10.1 Å². The second-order valence-electron chi connectivity index (χ2n) is 7.79. The second-order valence-corrected chi connectivity index (χ2v) is 7.79. The number of hydrogen-bond donors (Lipinski definition) is 1. The Labute approximate surface area is 202 Å². The van der Waals surface area contributed by atoms with Gasteiger partial charge in [-0.2, -0.15) is 13.2 Å². The molecule has 0 spiro atoms. The highest BCUT2D eigenvalue weighted by atomic mass is 19.4. The molecule has 1 saturated heterocycles. The molecule has 3 aromatic rings. The van der Waals surface area contributed by atoms with Crippen molar-refractivity contribution in [2.24, 2.45) is 0 Å². The summed E-state index contributed by atoms with van der Waals surface area (Å²) in [5.74, 6) is -2.44. The number of methoxy groups -OCH3 is 1. The second kappa shape index (κ2) is 9.17. The molecular weight excluding hydrogens is 481 g/mol. The van der Waals surface area contributed by atoms with Crippen molar-refractivity contribution in [1.29, 1.82) is 0 Å². The van der Waals surface area contributed by atoms with Crippen LogP contribution in [0.2, 0.25) is 0 Å². The molecule has 3 aromatic carbocycles. The van der Waals surface area contributed by atoms with Crippen molar-refractivity contribution in [3.8, 4) is 5.75 Å². The molecule has 0 bridgehead atoms. The van der Waals surface area contributed by atoms with E-state index >= 15 is 0 Å². The monoisotopic (exact) mass is 498 g/mol. The SMILES string of the molecule is COc1ccc(C2C(=C(O)c3ccc([N+](=O)[O-])cc3)C(=O)C(=O)N2c2cccc(C(F)(F)F)c2)cc1. The first-order valence-corrected chi connectivity index (χ1v) is 10.4. The standard InChI is InChI=1S/C25H17F3N2O6/c1-36-19-11-7-14(8-12-19)21-20(22(31)15-5-9-17(10-6-15)30(34)35)23(32)24(33)29(21)18-4-2-3-16(13-18)25(26,27)28/h2-13,21,31H,1H3. The smallest absolute Gasteiger partial charge is 0.416 e. The number of nitrogens with zero attached hydrogens (tertiary/aromatic N) is 2. The van der Waals surface area contributed by atoms with Crippen LogP contribution in [0.25, 0.3) is 5.76 Å². The molecule has 1 N–H and O–H groups in total. The number of halogens is 3. The summed E-state index contributed by atoms with van der Waals surface area (Å²) in [6.45, 7) is 0. The molecule has 1 unspecified atom stereocenters. The number of nitro groups is 1. The van der Waals surface area contributed by atoms with Gasteiger partial charge in [0.05, 0.1) is 29.2 Å². The van der Waals surface area contributed by atoms with Gasteiger partial charge < -0.3 is 9.84 Å². The Balaban J connectivity index is 1.92. The third kappa shape index (κ3) is 4.38. The van der Waals surface area contributed by atoms with Gasteiger partial charge >= 0.3 is 6.18 Å². The van der Waals surface area contributed by atoms with Crippen molar-refractivity contribution in [3.63, 3.8) is 0 Å². The summed E-state index contributed by atoms with van der Waals surface area (Å²) in [4.78, 5) is 37.4. The van der Waals surface area contributed by atoms with E-state index in [0.29, 0.717) is 11.3 Å². The number of aliphatic hydroxyl groups is 1. The summed E-state index contributed by atoms with van der Waals surface area (Å²) < 4.78 is 45.2. The predicted octanol–water partition coefficient (Wildman–Crippen LogP) is 5.25. The number of ether oxygens (including phenoxy) is 1. The van der Waals surface area contributed by atoms with Crippen LogP contribution in [0.5, 0.6) is 5.75 Å². The summed E-state index contributed by atoms with van der Waals surface area (Å²) in [5, 5.41) is 22.0. The number of carbonyl (C=O) groups is 2. The van der Waals surface area contributed by atoms with Crippen LogP contribution < -0.4 is 9.64 Å². The highest BCUT2D eigenvalue weighted by molar-refractivity contribution is 6.51. The number of alkyl halides is 3. The zero-order valence-electron chi connectivity index (χ0n) is 18.5. The minimum Gasteiger partial charge on any atom is -0.507 e. The van der Waals surface area contributed by atoms with E-state index in [2.05, 4.69) is 0 Å². The molecule has 0 radical (unpaired) electrons. The highest BCUT2D eigenvalue weighted by Crippen LogP contribution is 2.43. The molecule has 0 aliphatic carbocycles. The normalized spacial score (nSPS) is 17.3. The lowest BCUT2D eigenvalue weighted by Gasteiger charge is -2.26. The van der Waals surface area contributed by atoms with Crippen LogP contribution in [0.4, 0.5) is 24.5 Å². The molecule has 1 fully saturated rings. The molecule has 11 heteroatoms. The number of aliphatic hydroxyl groups excluding tert-OH is 1. The van der Waals surface area contributed by atoms with Gasteiger partial charge in [0.25, 0.3) is 17.4 Å². The maximum absolute atomic E-state index is 13.4. The number of amides is 1. The van der Waals surface area contributed by atoms with Crippen molar-refractivity contribution >= 4 is 28.8 Å². The molecule has 1 amide bonds. The third-order valence-electron chi connectivity index (χ3n) is 5.68. The van der Waals surface area contributed by atoms with Crippen LogP contribution in [0.1, 0.15) is 22.7 Å². The van der Waals surface area contributed by atoms with Crippen LogP contribution in [-0.2, 0) is 15.8 Å². The molecule has 184 valence electrons. The largest absolute Gasteiger partial charge is 0.507 e. The lowest BCUT2D eigenvalue weighted by molar-refractivity contribution is -0.384. The van der Waals surface area contributed by atoms with E-state index in [1.165, 1.54) is 49.6 Å². The topological polar surface area (TPSA) is 110 Å². The molecule has 4 rings (SSSR count). The van der Waals surface area contributed by atoms with Gasteiger partial charge in [0, 0.05) is 23.4 Å². The Hall–Kier alpha value is -4.67. The highest BCUT2D eigenvalue weighted by Gasteiger charge is 2.47. The number of hydrogen-bond acceptors (Lipinski definition) is 6. The Morgan fingerprint density at radius 2 is 1.67 bits per heavy atom. The molecule has 0 saturated carbocycles. The maximum Gasteiger partial charge on any atom is 0.416 e. The Kier molecular flexibility index (Phi) is 6.23. The van der Waals surface area contributed by atoms with Crippen LogP contribution in [0.3, 0.4) is 0 Å². The number of non-ortho nitro benzene ring substituents is 1. The predicted molar refractivity (Wildman–Crippen MR) is 122 cm³/mol. The van der Waals surface area contributed by atoms with Gasteiger partial charge in [-0.3, -0.25) is 24.6 Å². The molecule has 8 nitrogen and oxygen atoms in total. The van der Waals surface area contributed by atoms with Gasteiger partial charge in [0.15, 0.2) is 0 Å². The molecule has 0 aromatic heterocycles. The van der Waals surface area contributed by atoms with E-state index in [1.807, 2.05) is 0 Å². The molecule has 1 aliphatic heterocycles. The fourth-order valence-corrected chi connectivity index (χ4v) is 3.93. The minimum absolute atomic E-state index is 0.0150. The number of nitro benzene ring substituents is 1. The first-order valence-electron chi connectivity index (χ1n) is 10.4. The van der Waals surface area contributed by atoms with Crippen LogP contribution in [0.15, 0.2) is 78.4 Å². The van der Waals surface area contributed by atoms with E-state index in [9.17, 15) is 38.0 Å². The summed E-state index contributed by atoms with van der Waals surface area (Å²) >= 11 is 0. The van der Waals surface area contributed by atoms with Crippen LogP contribution in [-0.4, -0.2) is 28.8 Å². The number of benzene rings is 3. The van der Waals surface area contributed by atoms with E-state index in [4.69, 9.17) is 4.74 Å². The van der Waals surface area contributed by atoms with E-state index in [1.54, 1.807) is 0 Å². The van der Waals surface area contributed by atoms with Gasteiger partial charge in [-0.1, -0.05) is 18.2 Å². The number of Topliss-reactive ketones (excluding diaryl/α,β-unsaturated/α-hetero) is 1. The quantitative estimate of drug-likeness (QED) is 0.169. The summed E-state index contributed by atoms with van der Waals surface area (Å²) in [5.41, 5.74) is -1.53. The number of ketones is 1. The van der Waals surface area contributed by atoms with Crippen LogP contribution >= 0.6 is 0 Å². The van der Waals surface area contributed by atoms with Crippen molar-refractivity contribution in [1.82, 2.24) is 0 Å². The summed E-state index contributed by atoms with van der Waals surface area (Å²) in [6, 6.07) is 13.4. The average molecular weight is 498 g/mol. The van der Waals surface area contributed by atoms with Crippen molar-refractivity contribution < 1.29 is 37.5 Å². The first kappa shape index (κ1) is 24.5. The fourth-order valence-electron chi connectivity index (χ4n) is 3.93. The lowest BCUT2D eigenvalue weighted by Crippen LogP contribution is -2.29. The third-order valence-corrected chi connectivity index (χ3v) is 5.68. The summed E-state index contributed by atoms with van der Waals surface area (Å²) in [6.07, 6.45) is -4.70. The van der Waals surface area contributed by atoms with Crippen molar-refractivity contribution in [3.05, 3.63) is 105 Å². The Bertz CT molecular complexity index is 1380. The molecule has 1 atom stereocenters. The number of rotatable bonds is 5. The fraction of sp³-hybridized carbons (Fsp3) is 0.120. The van der Waals surface area contributed by atoms with Gasteiger partial charge in [0.1, 0.15) is 11.5 Å². The van der Waals surface area contributed by atoms with Gasteiger partial charge in [0.2, 0.25) is 0 Å². The van der Waals surface area contributed by atoms with Gasteiger partial charge in [-0.25, -0.2) is 0 Å². The van der Waals surface area contributed by atoms with E-state index in [0.717, 1.165) is 35.2 Å². The number of anilines is 1. The minimum atomic E-state index is -4.70. The zero-order valence-corrected chi connectivity index (χ0v) is 18.5. The average Bonchev–Trinajstić information content (AvgIpc) is 3.13. The molecular formula is C25H17F3N2O6.